The van der Waals surface area contributed by atoms with Crippen molar-refractivity contribution in [3.63, 3.8) is 0 Å². The number of pyridine rings is 1. The Bertz CT molecular complexity index is 638. The molecule has 2 aromatic heterocycles. The number of furan rings is 1. The van der Waals surface area contributed by atoms with E-state index in [1.54, 1.807) is 12.4 Å². The van der Waals surface area contributed by atoms with Gasteiger partial charge in [-0.15, -0.1) is 0 Å². The smallest absolute Gasteiger partial charge is 0.173 e. The number of hydrogen-bond donors (Lipinski definition) is 1. The maximum Gasteiger partial charge on any atom is 0.173 e. The Balaban J connectivity index is 1.69. The Labute approximate surface area is 141 Å². The summed E-state index contributed by atoms with van der Waals surface area (Å²) in [5.41, 5.74) is 0.880. The lowest BCUT2D eigenvalue weighted by Gasteiger charge is -2.27. The predicted octanol–water partition coefficient (Wildman–Crippen LogP) is 3.36. The van der Waals surface area contributed by atoms with Gasteiger partial charge in [0.05, 0.1) is 24.5 Å². The van der Waals surface area contributed by atoms with Gasteiger partial charge < -0.3 is 19.4 Å². The van der Waals surface area contributed by atoms with Gasteiger partial charge in [0.15, 0.2) is 5.11 Å². The van der Waals surface area contributed by atoms with Crippen LogP contribution < -0.4 is 5.32 Å². The van der Waals surface area contributed by atoms with Crippen molar-refractivity contribution < 1.29 is 9.15 Å². The Hall–Kier alpha value is -1.92. The van der Waals surface area contributed by atoms with Crippen molar-refractivity contribution in [2.45, 2.75) is 32.4 Å². The van der Waals surface area contributed by atoms with Crippen molar-refractivity contribution in [2.75, 3.05) is 18.5 Å². The molecule has 0 saturated carbocycles. The van der Waals surface area contributed by atoms with Gasteiger partial charge in [0.25, 0.3) is 0 Å². The molecule has 0 spiro atoms. The molecule has 0 aliphatic carbocycles. The summed E-state index contributed by atoms with van der Waals surface area (Å²) in [6, 6.07) is 7.79. The highest BCUT2D eigenvalue weighted by atomic mass is 32.1. The topological polar surface area (TPSA) is 50.5 Å². The highest BCUT2D eigenvalue weighted by Crippen LogP contribution is 2.17. The highest BCUT2D eigenvalue weighted by molar-refractivity contribution is 7.80. The maximum absolute atomic E-state index is 5.75. The number of nitrogens with zero attached hydrogens (tertiary/aromatic N) is 2. The number of thiocarbonyl (C=S) groups is 1. The molecule has 0 unspecified atom stereocenters. The van der Waals surface area contributed by atoms with E-state index in [9.17, 15) is 0 Å². The van der Waals surface area contributed by atoms with Gasteiger partial charge in [-0.05, 0) is 56.2 Å². The lowest BCUT2D eigenvalue weighted by molar-refractivity contribution is 0.0892. The molecular formula is C17H21N3O2S. The summed E-state index contributed by atoms with van der Waals surface area (Å²) in [6.45, 7) is 4.16. The minimum atomic E-state index is 0.222. The molecule has 1 atom stereocenters. The second-order valence-electron chi connectivity index (χ2n) is 5.70. The van der Waals surface area contributed by atoms with Crippen LogP contribution in [-0.2, 0) is 11.3 Å². The van der Waals surface area contributed by atoms with Crippen LogP contribution in [0.4, 0.5) is 5.69 Å². The fourth-order valence-electron chi connectivity index (χ4n) is 2.65. The van der Waals surface area contributed by atoms with Crippen molar-refractivity contribution in [3.8, 4) is 0 Å². The van der Waals surface area contributed by atoms with Gasteiger partial charge in [-0.3, -0.25) is 4.98 Å². The summed E-state index contributed by atoms with van der Waals surface area (Å²) in [5.74, 6) is 1.80. The van der Waals surface area contributed by atoms with Crippen LogP contribution in [0, 0.1) is 6.92 Å². The minimum absolute atomic E-state index is 0.222. The predicted molar refractivity (Wildman–Crippen MR) is 93.3 cm³/mol. The molecule has 3 heterocycles. The third kappa shape index (κ3) is 4.53. The van der Waals surface area contributed by atoms with Crippen LogP contribution >= 0.6 is 12.2 Å². The lowest BCUT2D eigenvalue weighted by atomic mass is 10.2. The number of aryl methyl sites for hydroxylation is 1. The normalized spacial score (nSPS) is 17.2. The minimum Gasteiger partial charge on any atom is -0.464 e. The summed E-state index contributed by atoms with van der Waals surface area (Å²) in [6.07, 6.45) is 5.90. The number of rotatable bonds is 5. The van der Waals surface area contributed by atoms with Gasteiger partial charge in [0, 0.05) is 19.3 Å². The zero-order valence-electron chi connectivity index (χ0n) is 13.2. The second-order valence-corrected chi connectivity index (χ2v) is 6.09. The average Bonchev–Trinajstić information content (AvgIpc) is 3.19. The third-order valence-electron chi connectivity index (χ3n) is 3.79. The van der Waals surface area contributed by atoms with Crippen molar-refractivity contribution in [3.05, 3.63) is 48.2 Å². The van der Waals surface area contributed by atoms with Gasteiger partial charge >= 0.3 is 0 Å². The molecule has 1 fully saturated rings. The maximum atomic E-state index is 5.75. The van der Waals surface area contributed by atoms with E-state index in [4.69, 9.17) is 21.4 Å². The highest BCUT2D eigenvalue weighted by Gasteiger charge is 2.22. The average molecular weight is 331 g/mol. The first kappa shape index (κ1) is 16.0. The Morgan fingerprint density at radius 1 is 1.43 bits per heavy atom. The van der Waals surface area contributed by atoms with Crippen LogP contribution in [-0.4, -0.2) is 34.3 Å². The van der Waals surface area contributed by atoms with Gasteiger partial charge in [-0.25, -0.2) is 0 Å². The molecule has 0 radical (unpaired) electrons. The van der Waals surface area contributed by atoms with Crippen LogP contribution in [0.15, 0.2) is 41.1 Å². The van der Waals surface area contributed by atoms with E-state index in [2.05, 4.69) is 15.2 Å². The van der Waals surface area contributed by atoms with Gasteiger partial charge in [-0.1, -0.05) is 0 Å². The summed E-state index contributed by atoms with van der Waals surface area (Å²) >= 11 is 5.59. The molecule has 1 N–H and O–H groups in total. The molecular weight excluding hydrogens is 310 g/mol. The van der Waals surface area contributed by atoms with Gasteiger partial charge in [0.1, 0.15) is 11.5 Å². The first-order chi connectivity index (χ1) is 11.2. The zero-order chi connectivity index (χ0) is 16.1. The molecule has 1 aliphatic rings. The van der Waals surface area contributed by atoms with Crippen molar-refractivity contribution in [1.82, 2.24) is 9.88 Å². The third-order valence-corrected chi connectivity index (χ3v) is 4.15. The van der Waals surface area contributed by atoms with Crippen LogP contribution in [0.2, 0.25) is 0 Å². The number of aromatic nitrogens is 1. The molecule has 122 valence electrons. The van der Waals surface area contributed by atoms with Crippen LogP contribution in [0.3, 0.4) is 0 Å². The van der Waals surface area contributed by atoms with E-state index in [-0.39, 0.29) is 6.10 Å². The zero-order valence-corrected chi connectivity index (χ0v) is 14.0. The van der Waals surface area contributed by atoms with E-state index in [0.29, 0.717) is 11.7 Å². The molecule has 3 rings (SSSR count). The summed E-state index contributed by atoms with van der Waals surface area (Å²) in [7, 11) is 0. The monoisotopic (exact) mass is 331 g/mol. The van der Waals surface area contributed by atoms with Gasteiger partial charge in [-0.2, -0.15) is 0 Å². The summed E-state index contributed by atoms with van der Waals surface area (Å²) in [5, 5.41) is 3.90. The molecule has 6 heteroatoms. The van der Waals surface area contributed by atoms with E-state index < -0.39 is 0 Å². The fourth-order valence-corrected chi connectivity index (χ4v) is 2.91. The first-order valence-corrected chi connectivity index (χ1v) is 8.24. The van der Waals surface area contributed by atoms with Crippen LogP contribution in [0.1, 0.15) is 24.4 Å². The standard InChI is InChI=1S/C17H21N3O2S/c1-13-6-7-16(22-13)12-20(11-15-5-3-9-21-15)17(23)19-14-4-2-8-18-10-14/h2,4,6-8,10,15H,3,5,9,11-12H2,1H3,(H,19,23)/t15-/m1/s1. The molecule has 0 bridgehead atoms. The lowest BCUT2D eigenvalue weighted by Crippen LogP contribution is -2.39. The molecule has 0 amide bonds. The van der Waals surface area contributed by atoms with Crippen molar-refractivity contribution in [2.24, 2.45) is 0 Å². The summed E-state index contributed by atoms with van der Waals surface area (Å²) in [4.78, 5) is 6.20. The Morgan fingerprint density at radius 2 is 2.35 bits per heavy atom. The molecule has 5 nitrogen and oxygen atoms in total. The first-order valence-electron chi connectivity index (χ1n) is 7.83. The molecule has 1 aliphatic heterocycles. The Morgan fingerprint density at radius 3 is 3.00 bits per heavy atom. The van der Waals surface area contributed by atoms with E-state index >= 15 is 0 Å². The van der Waals surface area contributed by atoms with E-state index in [1.807, 2.05) is 31.2 Å². The van der Waals surface area contributed by atoms with Crippen LogP contribution in [0.5, 0.6) is 0 Å². The molecule has 1 saturated heterocycles. The number of hydrogen-bond acceptors (Lipinski definition) is 4. The van der Waals surface area contributed by atoms with E-state index in [0.717, 1.165) is 43.2 Å². The summed E-state index contributed by atoms with van der Waals surface area (Å²) < 4.78 is 11.5. The van der Waals surface area contributed by atoms with Crippen LogP contribution in [0.25, 0.3) is 0 Å². The largest absolute Gasteiger partial charge is 0.464 e. The fraction of sp³-hybridized carbons (Fsp3) is 0.412. The molecule has 23 heavy (non-hydrogen) atoms. The van der Waals surface area contributed by atoms with Gasteiger partial charge in [0.2, 0.25) is 0 Å². The second kappa shape index (κ2) is 7.57. The SMILES string of the molecule is Cc1ccc(CN(C[C@H]2CCCO2)C(=S)Nc2cccnc2)o1. The van der Waals surface area contributed by atoms with E-state index in [1.165, 1.54) is 0 Å². The molecule has 0 aromatic carbocycles. The number of nitrogens with one attached hydrogen (secondary N) is 1. The van der Waals surface area contributed by atoms with Crippen molar-refractivity contribution >= 4 is 23.0 Å². The molecule has 2 aromatic rings. The quantitative estimate of drug-likeness (QED) is 0.848. The number of ether oxygens (including phenoxy) is 1. The Kier molecular flexibility index (Phi) is 5.25. The number of anilines is 1. The van der Waals surface area contributed by atoms with Crippen molar-refractivity contribution in [1.29, 1.82) is 0 Å².